The lowest BCUT2D eigenvalue weighted by Gasteiger charge is -1.98. The second-order valence-corrected chi connectivity index (χ2v) is 2.70. The van der Waals surface area contributed by atoms with Crippen molar-refractivity contribution in [3.8, 4) is 0 Å². The van der Waals surface area contributed by atoms with Crippen molar-refractivity contribution < 1.29 is 9.53 Å². The van der Waals surface area contributed by atoms with Crippen molar-refractivity contribution in [3.05, 3.63) is 21.6 Å². The number of aryl methyl sites for hydroxylation is 1. The molecule has 1 aromatic rings. The summed E-state index contributed by atoms with van der Waals surface area (Å²) in [5.74, 6) is -0.488. The van der Waals surface area contributed by atoms with Crippen molar-refractivity contribution >= 4 is 5.97 Å². The van der Waals surface area contributed by atoms with Gasteiger partial charge >= 0.3 is 5.97 Å². The minimum atomic E-state index is -0.488. The molecule has 0 amide bonds. The van der Waals surface area contributed by atoms with Gasteiger partial charge in [0, 0.05) is 12.6 Å². The summed E-state index contributed by atoms with van der Waals surface area (Å²) in [5.41, 5.74) is 0.415. The van der Waals surface area contributed by atoms with Gasteiger partial charge in [-0.15, -0.1) is 0 Å². The summed E-state index contributed by atoms with van der Waals surface area (Å²) in [6, 6.07) is 0. The summed E-state index contributed by atoms with van der Waals surface area (Å²) in [7, 11) is 1.55. The molecule has 0 radical (unpaired) electrons. The summed E-state index contributed by atoms with van der Waals surface area (Å²) in [6.45, 7) is 3.61. The second kappa shape index (κ2) is 3.47. The first-order chi connectivity index (χ1) is 6.07. The average Bonchev–Trinajstić information content (AvgIpc) is 2.33. The molecule has 0 atom stereocenters. The summed E-state index contributed by atoms with van der Waals surface area (Å²) in [5, 5.41) is 2.63. The van der Waals surface area contributed by atoms with E-state index in [4.69, 9.17) is 4.74 Å². The fourth-order valence-corrected chi connectivity index (χ4v) is 1.06. The largest absolute Gasteiger partial charge is 0.461 e. The van der Waals surface area contributed by atoms with Crippen LogP contribution in [-0.2, 0) is 11.8 Å². The van der Waals surface area contributed by atoms with Crippen LogP contribution in [0.1, 0.15) is 23.0 Å². The molecule has 0 aliphatic carbocycles. The third kappa shape index (κ3) is 1.63. The zero-order valence-corrected chi connectivity index (χ0v) is 7.88. The number of rotatable bonds is 2. The summed E-state index contributed by atoms with van der Waals surface area (Å²) < 4.78 is 6.01. The number of hydrogen-bond donors (Lipinski definition) is 1. The SMILES string of the molecule is CCOC(=O)c1[nH]n(C)c(=O)c1C. The highest BCUT2D eigenvalue weighted by Gasteiger charge is 2.15. The van der Waals surface area contributed by atoms with E-state index in [1.807, 2.05) is 0 Å². The second-order valence-electron chi connectivity index (χ2n) is 2.70. The van der Waals surface area contributed by atoms with Crippen LogP contribution in [0, 0.1) is 6.92 Å². The van der Waals surface area contributed by atoms with Crippen molar-refractivity contribution in [2.75, 3.05) is 6.61 Å². The van der Waals surface area contributed by atoms with E-state index in [1.54, 1.807) is 20.9 Å². The van der Waals surface area contributed by atoms with Crippen molar-refractivity contribution in [2.24, 2.45) is 7.05 Å². The van der Waals surface area contributed by atoms with Crippen LogP contribution in [0.15, 0.2) is 4.79 Å². The highest BCUT2D eigenvalue weighted by atomic mass is 16.5. The fraction of sp³-hybridized carbons (Fsp3) is 0.500. The van der Waals surface area contributed by atoms with Crippen LogP contribution >= 0.6 is 0 Å². The van der Waals surface area contributed by atoms with Gasteiger partial charge in [-0.05, 0) is 13.8 Å². The van der Waals surface area contributed by atoms with E-state index < -0.39 is 5.97 Å². The van der Waals surface area contributed by atoms with Crippen LogP contribution < -0.4 is 5.56 Å². The predicted octanol–water partition coefficient (Wildman–Crippen LogP) is 0.199. The van der Waals surface area contributed by atoms with Gasteiger partial charge in [0.2, 0.25) is 0 Å². The summed E-state index contributed by atoms with van der Waals surface area (Å²) >= 11 is 0. The van der Waals surface area contributed by atoms with E-state index in [0.717, 1.165) is 0 Å². The normalized spacial score (nSPS) is 10.1. The fourth-order valence-electron chi connectivity index (χ4n) is 1.06. The van der Waals surface area contributed by atoms with Crippen LogP contribution in [0.2, 0.25) is 0 Å². The Morgan fingerprint density at radius 1 is 1.62 bits per heavy atom. The topological polar surface area (TPSA) is 64.1 Å². The third-order valence-electron chi connectivity index (χ3n) is 1.76. The number of nitrogens with one attached hydrogen (secondary N) is 1. The van der Waals surface area contributed by atoms with Crippen LogP contribution in [0.25, 0.3) is 0 Å². The maximum absolute atomic E-state index is 11.2. The average molecular weight is 184 g/mol. The highest BCUT2D eigenvalue weighted by Crippen LogP contribution is 2.00. The Labute approximate surface area is 75.3 Å². The van der Waals surface area contributed by atoms with Crippen molar-refractivity contribution in [1.82, 2.24) is 9.78 Å². The lowest BCUT2D eigenvalue weighted by Crippen LogP contribution is -2.13. The van der Waals surface area contributed by atoms with E-state index in [1.165, 1.54) is 4.68 Å². The van der Waals surface area contributed by atoms with E-state index in [2.05, 4.69) is 5.10 Å². The van der Waals surface area contributed by atoms with Crippen molar-refractivity contribution in [3.63, 3.8) is 0 Å². The molecule has 0 fully saturated rings. The number of esters is 1. The van der Waals surface area contributed by atoms with E-state index in [-0.39, 0.29) is 11.3 Å². The monoisotopic (exact) mass is 184 g/mol. The van der Waals surface area contributed by atoms with Gasteiger partial charge in [0.05, 0.1) is 6.61 Å². The molecule has 0 bridgehead atoms. The molecular formula is C8H12N2O3. The molecule has 0 saturated heterocycles. The van der Waals surface area contributed by atoms with E-state index in [0.29, 0.717) is 12.2 Å². The zero-order chi connectivity index (χ0) is 10.0. The Morgan fingerprint density at radius 2 is 2.23 bits per heavy atom. The molecule has 13 heavy (non-hydrogen) atoms. The van der Waals surface area contributed by atoms with Gasteiger partial charge in [0.1, 0.15) is 5.69 Å². The van der Waals surface area contributed by atoms with Gasteiger partial charge in [0.25, 0.3) is 5.56 Å². The third-order valence-corrected chi connectivity index (χ3v) is 1.76. The molecule has 0 unspecified atom stereocenters. The van der Waals surface area contributed by atoms with Crippen molar-refractivity contribution in [2.45, 2.75) is 13.8 Å². The number of carbonyl (C=O) groups excluding carboxylic acids is 1. The lowest BCUT2D eigenvalue weighted by atomic mass is 10.3. The van der Waals surface area contributed by atoms with Gasteiger partial charge in [-0.1, -0.05) is 0 Å². The van der Waals surface area contributed by atoms with Crippen LogP contribution in [0.3, 0.4) is 0 Å². The molecule has 5 nitrogen and oxygen atoms in total. The minimum Gasteiger partial charge on any atom is -0.461 e. The Kier molecular flexibility index (Phi) is 2.55. The Hall–Kier alpha value is -1.52. The number of ether oxygens (including phenoxy) is 1. The number of carbonyl (C=O) groups is 1. The predicted molar refractivity (Wildman–Crippen MR) is 46.7 cm³/mol. The molecule has 1 heterocycles. The van der Waals surface area contributed by atoms with Gasteiger partial charge in [-0.25, -0.2) is 4.79 Å². The Bertz CT molecular complexity index is 375. The standard InChI is InChI=1S/C8H12N2O3/c1-4-13-8(12)6-5(2)7(11)10(3)9-6/h9H,4H2,1-3H3. The summed E-state index contributed by atoms with van der Waals surface area (Å²) in [6.07, 6.45) is 0. The van der Waals surface area contributed by atoms with Crippen LogP contribution in [0.4, 0.5) is 0 Å². The molecule has 0 saturated carbocycles. The number of H-pyrrole nitrogens is 1. The minimum absolute atomic E-state index is 0.206. The van der Waals surface area contributed by atoms with Gasteiger partial charge in [-0.3, -0.25) is 14.6 Å². The molecule has 72 valence electrons. The number of hydrogen-bond acceptors (Lipinski definition) is 3. The lowest BCUT2D eigenvalue weighted by molar-refractivity contribution is 0.0518. The van der Waals surface area contributed by atoms with Crippen LogP contribution in [-0.4, -0.2) is 22.4 Å². The molecule has 1 N–H and O–H groups in total. The quantitative estimate of drug-likeness (QED) is 0.668. The van der Waals surface area contributed by atoms with Crippen LogP contribution in [0.5, 0.6) is 0 Å². The zero-order valence-electron chi connectivity index (χ0n) is 7.88. The van der Waals surface area contributed by atoms with Gasteiger partial charge in [-0.2, -0.15) is 0 Å². The maximum Gasteiger partial charge on any atom is 0.356 e. The number of aromatic amines is 1. The van der Waals surface area contributed by atoms with E-state index in [9.17, 15) is 9.59 Å². The maximum atomic E-state index is 11.2. The first-order valence-corrected chi connectivity index (χ1v) is 4.00. The molecule has 0 aliphatic heterocycles. The van der Waals surface area contributed by atoms with Gasteiger partial charge in [0.15, 0.2) is 0 Å². The summed E-state index contributed by atoms with van der Waals surface area (Å²) in [4.78, 5) is 22.4. The van der Waals surface area contributed by atoms with Crippen molar-refractivity contribution in [1.29, 1.82) is 0 Å². The van der Waals surface area contributed by atoms with Gasteiger partial charge < -0.3 is 4.74 Å². The smallest absolute Gasteiger partial charge is 0.356 e. The number of nitrogens with zero attached hydrogens (tertiary/aromatic N) is 1. The molecule has 1 rings (SSSR count). The Morgan fingerprint density at radius 3 is 2.62 bits per heavy atom. The highest BCUT2D eigenvalue weighted by molar-refractivity contribution is 5.88. The molecule has 1 aromatic heterocycles. The molecule has 0 aromatic carbocycles. The molecule has 5 heteroatoms. The number of aromatic nitrogens is 2. The van der Waals surface area contributed by atoms with E-state index >= 15 is 0 Å². The molecular weight excluding hydrogens is 172 g/mol. The first-order valence-electron chi connectivity index (χ1n) is 4.00. The Balaban J connectivity index is 3.09. The first kappa shape index (κ1) is 9.57. The molecule has 0 spiro atoms. The molecule has 0 aliphatic rings.